The van der Waals surface area contributed by atoms with E-state index in [2.05, 4.69) is 0 Å². The molecule has 1 aliphatic rings. The monoisotopic (exact) mass is 322 g/mol. The fourth-order valence-corrected chi connectivity index (χ4v) is 1.34. The van der Waals surface area contributed by atoms with Gasteiger partial charge >= 0.3 is 0 Å². The Morgan fingerprint density at radius 2 is 1.50 bits per heavy atom. The molecule has 0 amide bonds. The smallest absolute Gasteiger partial charge is 0 e. The normalized spacial score (nSPS) is 20.7. The Bertz CT molecular complexity index is 79.7. The fourth-order valence-electron chi connectivity index (χ4n) is 1.34. The summed E-state index contributed by atoms with van der Waals surface area (Å²) in [6.45, 7) is 0. The molecule has 0 aromatic carbocycles. The summed E-state index contributed by atoms with van der Waals surface area (Å²) in [4.78, 5) is 0. The van der Waals surface area contributed by atoms with Crippen molar-refractivity contribution in [1.82, 2.24) is 0 Å². The summed E-state index contributed by atoms with van der Waals surface area (Å²) in [5.74, 6) is 1.36. The van der Waals surface area contributed by atoms with E-state index in [4.69, 9.17) is 11.5 Å². The molecule has 0 radical (unpaired) electrons. The Kier molecular flexibility index (Phi) is 5.61. The van der Waals surface area contributed by atoms with Crippen molar-refractivity contribution in [1.29, 1.82) is 0 Å². The van der Waals surface area contributed by atoms with Gasteiger partial charge < -0.3 is 11.5 Å². The van der Waals surface area contributed by atoms with Crippen LogP contribution >= 0.6 is 0 Å². The molecule has 1 fully saturated rings. The van der Waals surface area contributed by atoms with E-state index in [1.54, 1.807) is 0 Å². The molecule has 0 atom stereocenters. The average molecular weight is 322 g/mol. The molecule has 1 rings (SSSR count). The van der Waals surface area contributed by atoms with E-state index in [1.165, 1.54) is 25.2 Å². The molecule has 3 heteroatoms. The number of hydrogen-bond donors (Lipinski definition) is 2. The first-order valence-electron chi connectivity index (χ1n) is 3.66. The first-order valence-corrected chi connectivity index (χ1v) is 3.66. The van der Waals surface area contributed by atoms with Crippen molar-refractivity contribution in [3.63, 3.8) is 0 Å². The Balaban J connectivity index is 0.000000810. The molecule has 0 spiro atoms. The van der Waals surface area contributed by atoms with E-state index in [9.17, 15) is 0 Å². The quantitative estimate of drug-likeness (QED) is 0.553. The zero-order valence-electron chi connectivity index (χ0n) is 6.08. The minimum Gasteiger partial charge on any atom is -0.344 e. The molecule has 64 valence electrons. The molecule has 2 nitrogen and oxygen atoms in total. The van der Waals surface area contributed by atoms with Crippen molar-refractivity contribution in [3.05, 3.63) is 5.92 Å². The predicted molar refractivity (Wildman–Crippen MR) is 38.5 cm³/mol. The van der Waals surface area contributed by atoms with Gasteiger partial charge in [0, 0.05) is 21.1 Å². The maximum atomic E-state index is 5.51. The predicted octanol–water partition coefficient (Wildman–Crippen LogP) is 0.766. The van der Waals surface area contributed by atoms with Gasteiger partial charge in [-0.2, -0.15) is 12.8 Å². The third-order valence-corrected chi connectivity index (χ3v) is 1.97. The van der Waals surface area contributed by atoms with Gasteiger partial charge in [0.1, 0.15) is 0 Å². The van der Waals surface area contributed by atoms with Gasteiger partial charge in [0.05, 0.1) is 0 Å². The standard InChI is InChI=1S/C7H15N2.Pt/c8-7(9)6-4-2-1-3-5-6;/h7H,1-5,8-9H2;/q-1;. The van der Waals surface area contributed by atoms with Gasteiger partial charge in [-0.1, -0.05) is 25.4 Å². The van der Waals surface area contributed by atoms with Crippen LogP contribution in [0.4, 0.5) is 0 Å². The van der Waals surface area contributed by atoms with Crippen molar-refractivity contribution in [3.8, 4) is 0 Å². The van der Waals surface area contributed by atoms with Crippen LogP contribution in [-0.4, -0.2) is 6.17 Å². The second kappa shape index (κ2) is 5.28. The molecular formula is C7H15N2Pt-. The molecule has 0 unspecified atom stereocenters. The summed E-state index contributed by atoms with van der Waals surface area (Å²) in [5, 5.41) is 0. The van der Waals surface area contributed by atoms with E-state index in [0.717, 1.165) is 12.8 Å². The van der Waals surface area contributed by atoms with Gasteiger partial charge in [-0.15, -0.1) is 0 Å². The largest absolute Gasteiger partial charge is 0.344 e. The van der Waals surface area contributed by atoms with E-state index in [0.29, 0.717) is 0 Å². The maximum absolute atomic E-state index is 5.51. The zero-order valence-corrected chi connectivity index (χ0v) is 8.36. The van der Waals surface area contributed by atoms with Crippen molar-refractivity contribution in [2.45, 2.75) is 38.3 Å². The molecule has 0 heterocycles. The number of rotatable bonds is 1. The summed E-state index contributed by atoms with van der Waals surface area (Å²) in [7, 11) is 0. The molecule has 4 N–H and O–H groups in total. The van der Waals surface area contributed by atoms with Gasteiger partial charge in [-0.25, -0.2) is 0 Å². The minimum absolute atomic E-state index is 0. The van der Waals surface area contributed by atoms with Crippen LogP contribution < -0.4 is 11.5 Å². The molecule has 0 aromatic rings. The van der Waals surface area contributed by atoms with Crippen molar-refractivity contribution in [2.24, 2.45) is 11.5 Å². The van der Waals surface area contributed by atoms with Crippen molar-refractivity contribution >= 4 is 0 Å². The molecule has 1 aliphatic carbocycles. The van der Waals surface area contributed by atoms with E-state index < -0.39 is 0 Å². The van der Waals surface area contributed by atoms with Crippen LogP contribution in [0.2, 0.25) is 0 Å². The summed E-state index contributed by atoms with van der Waals surface area (Å²) >= 11 is 0. The van der Waals surface area contributed by atoms with Gasteiger partial charge in [0.25, 0.3) is 0 Å². The van der Waals surface area contributed by atoms with E-state index >= 15 is 0 Å². The first kappa shape index (κ1) is 10.6. The Morgan fingerprint density at radius 1 is 1.00 bits per heavy atom. The molecule has 1 saturated carbocycles. The summed E-state index contributed by atoms with van der Waals surface area (Å²) in [5.41, 5.74) is 11.0. The van der Waals surface area contributed by atoms with Crippen LogP contribution in [0.3, 0.4) is 0 Å². The molecule has 10 heavy (non-hydrogen) atoms. The zero-order chi connectivity index (χ0) is 6.69. The van der Waals surface area contributed by atoms with Crippen LogP contribution in [0.25, 0.3) is 0 Å². The van der Waals surface area contributed by atoms with Crippen molar-refractivity contribution < 1.29 is 21.1 Å². The van der Waals surface area contributed by atoms with Crippen LogP contribution in [0.1, 0.15) is 32.1 Å². The molecule has 0 aliphatic heterocycles. The van der Waals surface area contributed by atoms with Gasteiger partial charge in [0.2, 0.25) is 0 Å². The van der Waals surface area contributed by atoms with Gasteiger partial charge in [-0.05, 0) is 0 Å². The van der Waals surface area contributed by atoms with Crippen LogP contribution in [0.5, 0.6) is 0 Å². The molecule has 0 saturated heterocycles. The van der Waals surface area contributed by atoms with E-state index in [-0.39, 0.29) is 27.2 Å². The Labute approximate surface area is 77.0 Å². The van der Waals surface area contributed by atoms with Gasteiger partial charge in [0.15, 0.2) is 0 Å². The Morgan fingerprint density at radius 3 is 1.80 bits per heavy atom. The topological polar surface area (TPSA) is 52.0 Å². The molecule has 0 aromatic heterocycles. The summed E-state index contributed by atoms with van der Waals surface area (Å²) < 4.78 is 0. The van der Waals surface area contributed by atoms with Crippen LogP contribution in [-0.2, 0) is 21.1 Å². The fraction of sp³-hybridized carbons (Fsp3) is 0.857. The third-order valence-electron chi connectivity index (χ3n) is 1.97. The number of hydrogen-bond acceptors (Lipinski definition) is 2. The molecular weight excluding hydrogens is 307 g/mol. The Hall–Kier alpha value is 0.608. The third kappa shape index (κ3) is 3.13. The first-order chi connectivity index (χ1) is 4.30. The van der Waals surface area contributed by atoms with E-state index in [1.807, 2.05) is 0 Å². The maximum Gasteiger partial charge on any atom is 0 e. The van der Waals surface area contributed by atoms with Gasteiger partial charge in [-0.3, -0.25) is 5.92 Å². The second-order valence-corrected chi connectivity index (χ2v) is 2.74. The number of nitrogens with two attached hydrogens (primary N) is 2. The SMILES string of the molecule is NC(N)[C-]1CCCCC1.[Pt]. The average Bonchev–Trinajstić information content (AvgIpc) is 1.90. The second-order valence-electron chi connectivity index (χ2n) is 2.74. The molecule has 0 bridgehead atoms. The van der Waals surface area contributed by atoms with Crippen molar-refractivity contribution in [2.75, 3.05) is 0 Å². The summed E-state index contributed by atoms with van der Waals surface area (Å²) in [6, 6.07) is 0. The summed E-state index contributed by atoms with van der Waals surface area (Å²) in [6.07, 6.45) is 6.12. The van der Waals surface area contributed by atoms with Crippen LogP contribution in [0.15, 0.2) is 0 Å². The minimum atomic E-state index is -0.148. The van der Waals surface area contributed by atoms with Crippen LogP contribution in [0, 0.1) is 5.92 Å².